The monoisotopic (exact) mass is 369 g/mol. The van der Waals surface area contributed by atoms with E-state index in [1.807, 2.05) is 12.1 Å². The van der Waals surface area contributed by atoms with E-state index in [1.165, 1.54) is 12.2 Å². The van der Waals surface area contributed by atoms with Crippen molar-refractivity contribution in [3.63, 3.8) is 0 Å². The lowest BCUT2D eigenvalue weighted by Gasteiger charge is -2.12. The summed E-state index contributed by atoms with van der Waals surface area (Å²) in [6.07, 6.45) is 4.66. The van der Waals surface area contributed by atoms with Gasteiger partial charge in [-0.05, 0) is 12.0 Å². The highest BCUT2D eigenvalue weighted by Gasteiger charge is 2.17. The van der Waals surface area contributed by atoms with Crippen LogP contribution in [0.3, 0.4) is 0 Å². The summed E-state index contributed by atoms with van der Waals surface area (Å²) in [5.41, 5.74) is -0.906. The van der Waals surface area contributed by atoms with Crippen LogP contribution in [0.5, 0.6) is 0 Å². The zero-order valence-electron chi connectivity index (χ0n) is 15.4. The third kappa shape index (κ3) is 4.31. The van der Waals surface area contributed by atoms with Gasteiger partial charge in [-0.2, -0.15) is 0 Å². The highest BCUT2D eigenvalue weighted by Crippen LogP contribution is 2.07. The summed E-state index contributed by atoms with van der Waals surface area (Å²) in [4.78, 5) is 50.0. The van der Waals surface area contributed by atoms with Crippen molar-refractivity contribution in [2.24, 2.45) is 0 Å². The molecular formula is C20H23N3O4. The fourth-order valence-electron chi connectivity index (χ4n) is 2.77. The molecule has 1 aromatic carbocycles. The Hall–Kier alpha value is -3.22. The number of benzene rings is 1. The molecule has 1 aromatic heterocycles. The molecule has 2 aromatic rings. The number of Topliss-reactive ketones (excluding diaryl/α,β-unsaturated/α-hetero) is 1. The van der Waals surface area contributed by atoms with Gasteiger partial charge in [0.05, 0.1) is 19.6 Å². The van der Waals surface area contributed by atoms with Crippen LogP contribution in [0.1, 0.15) is 29.3 Å². The van der Waals surface area contributed by atoms with Crippen molar-refractivity contribution in [1.29, 1.82) is 0 Å². The summed E-state index contributed by atoms with van der Waals surface area (Å²) in [6, 6.07) is 7.07. The Morgan fingerprint density at radius 3 is 1.81 bits per heavy atom. The lowest BCUT2D eigenvalue weighted by molar-refractivity contribution is 0.0966. The van der Waals surface area contributed by atoms with Crippen molar-refractivity contribution < 1.29 is 4.79 Å². The number of nitrogens with zero attached hydrogens (tertiary/aromatic N) is 3. The minimum absolute atomic E-state index is 0.0605. The van der Waals surface area contributed by atoms with Gasteiger partial charge >= 0.3 is 17.1 Å². The van der Waals surface area contributed by atoms with Crippen LogP contribution in [0.2, 0.25) is 0 Å². The second-order valence-electron chi connectivity index (χ2n) is 6.10. The molecule has 0 saturated carbocycles. The summed E-state index contributed by atoms with van der Waals surface area (Å²) < 4.78 is 2.52. The smallest absolute Gasteiger partial charge is 0.292 e. The van der Waals surface area contributed by atoms with E-state index in [2.05, 4.69) is 20.1 Å². The van der Waals surface area contributed by atoms with Gasteiger partial charge in [-0.25, -0.2) is 28.1 Å². The lowest BCUT2D eigenvalue weighted by atomic mass is 10.1. The van der Waals surface area contributed by atoms with E-state index >= 15 is 0 Å². The fourth-order valence-corrected chi connectivity index (χ4v) is 2.77. The van der Waals surface area contributed by atoms with Crippen molar-refractivity contribution in [2.45, 2.75) is 39.4 Å². The van der Waals surface area contributed by atoms with Crippen LogP contribution in [-0.4, -0.2) is 19.5 Å². The average molecular weight is 369 g/mol. The van der Waals surface area contributed by atoms with Crippen LogP contribution in [-0.2, 0) is 26.1 Å². The second-order valence-corrected chi connectivity index (χ2v) is 6.10. The van der Waals surface area contributed by atoms with E-state index in [4.69, 9.17) is 0 Å². The lowest BCUT2D eigenvalue weighted by Crippen LogP contribution is -2.55. The van der Waals surface area contributed by atoms with Crippen LogP contribution >= 0.6 is 0 Å². The summed E-state index contributed by atoms with van der Waals surface area (Å²) >= 11 is 0. The molecule has 7 heteroatoms. The minimum atomic E-state index is -0.832. The molecule has 27 heavy (non-hydrogen) atoms. The molecule has 0 spiro atoms. The van der Waals surface area contributed by atoms with Crippen molar-refractivity contribution in [3.8, 4) is 0 Å². The molecule has 142 valence electrons. The predicted octanol–water partition coefficient (Wildman–Crippen LogP) is 1.38. The quantitative estimate of drug-likeness (QED) is 0.494. The Morgan fingerprint density at radius 1 is 0.889 bits per heavy atom. The van der Waals surface area contributed by atoms with Gasteiger partial charge in [0.2, 0.25) is 0 Å². The van der Waals surface area contributed by atoms with Gasteiger partial charge in [-0.3, -0.25) is 4.79 Å². The van der Waals surface area contributed by atoms with Crippen LogP contribution in [0.15, 0.2) is 64.0 Å². The standard InChI is InChI=1S/C20H23N3O4/c1-4-7-15-8-10-16(11-9-15)17(24)14-23-19(26)21(12-5-2)18(25)22(13-6-3)20(23)27/h5-6,8-11H,2-4,7,12-14H2,1H3. The number of aryl methyl sites for hydroxylation is 1. The van der Waals surface area contributed by atoms with E-state index in [-0.39, 0.29) is 18.9 Å². The number of carbonyl (C=O) groups excluding carboxylic acids is 1. The average Bonchev–Trinajstić information content (AvgIpc) is 2.66. The Kier molecular flexibility index (Phi) is 6.65. The summed E-state index contributed by atoms with van der Waals surface area (Å²) in [7, 11) is 0. The summed E-state index contributed by atoms with van der Waals surface area (Å²) in [6.45, 7) is 8.53. The Balaban J connectivity index is 2.48. The van der Waals surface area contributed by atoms with Gasteiger partial charge in [0.15, 0.2) is 5.78 Å². The largest absolute Gasteiger partial charge is 0.337 e. The molecule has 0 saturated heterocycles. The highest BCUT2D eigenvalue weighted by molar-refractivity contribution is 5.95. The molecule has 0 N–H and O–H groups in total. The first kappa shape index (κ1) is 20.1. The maximum absolute atomic E-state index is 12.6. The number of hydrogen-bond donors (Lipinski definition) is 0. The molecule has 0 radical (unpaired) electrons. The zero-order valence-corrected chi connectivity index (χ0v) is 15.4. The predicted molar refractivity (Wildman–Crippen MR) is 104 cm³/mol. The second kappa shape index (κ2) is 8.93. The first-order chi connectivity index (χ1) is 12.9. The van der Waals surface area contributed by atoms with Gasteiger partial charge in [0.1, 0.15) is 0 Å². The highest BCUT2D eigenvalue weighted by atomic mass is 16.2. The normalized spacial score (nSPS) is 10.6. The van der Waals surface area contributed by atoms with E-state index < -0.39 is 23.6 Å². The van der Waals surface area contributed by atoms with Crippen molar-refractivity contribution in [1.82, 2.24) is 13.7 Å². The molecule has 0 aliphatic carbocycles. The third-order valence-corrected chi connectivity index (χ3v) is 4.13. The molecule has 0 amide bonds. The fraction of sp³-hybridized carbons (Fsp3) is 0.300. The molecule has 0 bridgehead atoms. The van der Waals surface area contributed by atoms with Gasteiger partial charge in [-0.1, -0.05) is 49.8 Å². The zero-order chi connectivity index (χ0) is 20.0. The number of allylic oxidation sites excluding steroid dienone is 2. The number of aromatic nitrogens is 3. The molecule has 2 rings (SSSR count). The Bertz CT molecular complexity index is 975. The third-order valence-electron chi connectivity index (χ3n) is 4.13. The topological polar surface area (TPSA) is 83.1 Å². The molecule has 0 aliphatic heterocycles. The maximum Gasteiger partial charge on any atom is 0.337 e. The van der Waals surface area contributed by atoms with E-state index in [0.29, 0.717) is 5.56 Å². The molecule has 0 atom stereocenters. The first-order valence-corrected chi connectivity index (χ1v) is 8.73. The maximum atomic E-state index is 12.6. The SMILES string of the molecule is C=CCn1c(=O)n(CC=C)c(=O)n(CC(=O)c2ccc(CCC)cc2)c1=O. The first-order valence-electron chi connectivity index (χ1n) is 8.73. The molecule has 0 fully saturated rings. The van der Waals surface area contributed by atoms with Gasteiger partial charge in [0.25, 0.3) is 0 Å². The number of rotatable bonds is 9. The van der Waals surface area contributed by atoms with Gasteiger partial charge < -0.3 is 0 Å². The molecular weight excluding hydrogens is 346 g/mol. The molecule has 7 nitrogen and oxygen atoms in total. The Labute approximate surface area is 156 Å². The minimum Gasteiger partial charge on any atom is -0.292 e. The molecule has 0 aliphatic rings. The number of ketones is 1. The van der Waals surface area contributed by atoms with Gasteiger partial charge in [0, 0.05) is 5.56 Å². The van der Waals surface area contributed by atoms with Crippen LogP contribution in [0, 0.1) is 0 Å². The van der Waals surface area contributed by atoms with Crippen molar-refractivity contribution in [3.05, 3.63) is 92.2 Å². The van der Waals surface area contributed by atoms with Crippen molar-refractivity contribution >= 4 is 5.78 Å². The summed E-state index contributed by atoms with van der Waals surface area (Å²) in [5, 5.41) is 0. The van der Waals surface area contributed by atoms with E-state index in [0.717, 1.165) is 32.1 Å². The number of carbonyl (C=O) groups is 1. The molecule has 1 heterocycles. The van der Waals surface area contributed by atoms with Crippen LogP contribution in [0.25, 0.3) is 0 Å². The molecule has 0 unspecified atom stereocenters. The Morgan fingerprint density at radius 2 is 1.37 bits per heavy atom. The van der Waals surface area contributed by atoms with E-state index in [1.54, 1.807) is 12.1 Å². The van der Waals surface area contributed by atoms with Crippen LogP contribution in [0.4, 0.5) is 0 Å². The van der Waals surface area contributed by atoms with E-state index in [9.17, 15) is 19.2 Å². The summed E-state index contributed by atoms with van der Waals surface area (Å²) in [5.74, 6) is -0.383. The number of hydrogen-bond acceptors (Lipinski definition) is 4. The van der Waals surface area contributed by atoms with Gasteiger partial charge in [-0.15, -0.1) is 13.2 Å². The van der Waals surface area contributed by atoms with Crippen molar-refractivity contribution in [2.75, 3.05) is 0 Å². The van der Waals surface area contributed by atoms with Crippen LogP contribution < -0.4 is 17.1 Å².